The van der Waals surface area contributed by atoms with E-state index in [-0.39, 0.29) is 18.0 Å². The van der Waals surface area contributed by atoms with Crippen LogP contribution in [0.3, 0.4) is 0 Å². The predicted octanol–water partition coefficient (Wildman–Crippen LogP) is 1.80. The van der Waals surface area contributed by atoms with Crippen molar-refractivity contribution in [1.82, 2.24) is 0 Å². The van der Waals surface area contributed by atoms with Gasteiger partial charge in [0.2, 0.25) is 0 Å². The highest BCUT2D eigenvalue weighted by Gasteiger charge is 2.30. The third-order valence-electron chi connectivity index (χ3n) is 2.84. The fourth-order valence-electron chi connectivity index (χ4n) is 1.83. The summed E-state index contributed by atoms with van der Waals surface area (Å²) in [5.41, 5.74) is 1.35. The summed E-state index contributed by atoms with van der Waals surface area (Å²) < 4.78 is 18.3. The fourth-order valence-corrected chi connectivity index (χ4v) is 1.83. The second-order valence-electron chi connectivity index (χ2n) is 3.91. The zero-order valence-corrected chi connectivity index (χ0v) is 9.04. The summed E-state index contributed by atoms with van der Waals surface area (Å²) in [5, 5.41) is 0. The molecular weight excluding hydrogens is 211 g/mol. The Morgan fingerprint density at radius 1 is 1.50 bits per heavy atom. The molecule has 0 radical (unpaired) electrons. The number of ether oxygens (including phenoxy) is 1. The fraction of sp³-hybridized carbons (Fsp3) is 0.333. The number of fused-ring (bicyclic) bond motifs is 1. The van der Waals surface area contributed by atoms with Crippen LogP contribution in [0.1, 0.15) is 28.4 Å². The number of ketones is 1. The molecule has 4 heteroatoms. The van der Waals surface area contributed by atoms with Crippen molar-refractivity contribution >= 4 is 11.8 Å². The van der Waals surface area contributed by atoms with Crippen LogP contribution >= 0.6 is 0 Å². The van der Waals surface area contributed by atoms with Gasteiger partial charge >= 0.3 is 5.97 Å². The molecule has 0 amide bonds. The highest BCUT2D eigenvalue weighted by Crippen LogP contribution is 2.25. The lowest BCUT2D eigenvalue weighted by atomic mass is 9.93. The van der Waals surface area contributed by atoms with E-state index in [4.69, 9.17) is 4.74 Å². The molecule has 1 aliphatic rings. The van der Waals surface area contributed by atoms with Crippen molar-refractivity contribution < 1.29 is 18.7 Å². The monoisotopic (exact) mass is 222 g/mol. The first-order valence-electron chi connectivity index (χ1n) is 5.00. The van der Waals surface area contributed by atoms with Gasteiger partial charge in [0.25, 0.3) is 0 Å². The molecule has 0 saturated heterocycles. The molecule has 16 heavy (non-hydrogen) atoms. The smallest absolute Gasteiger partial charge is 0.339 e. The van der Waals surface area contributed by atoms with Gasteiger partial charge in [-0.3, -0.25) is 4.79 Å². The molecule has 0 aromatic heterocycles. The van der Waals surface area contributed by atoms with E-state index >= 15 is 0 Å². The average Bonchev–Trinajstić information content (AvgIpc) is 2.23. The molecule has 1 aromatic rings. The van der Waals surface area contributed by atoms with Crippen molar-refractivity contribution in [3.63, 3.8) is 0 Å². The highest BCUT2D eigenvalue weighted by molar-refractivity contribution is 5.96. The van der Waals surface area contributed by atoms with E-state index in [0.29, 0.717) is 16.7 Å². The van der Waals surface area contributed by atoms with E-state index in [0.717, 1.165) is 0 Å². The van der Waals surface area contributed by atoms with Crippen LogP contribution in [0.25, 0.3) is 0 Å². The first kappa shape index (κ1) is 10.8. The maximum absolute atomic E-state index is 13.3. The Kier molecular flexibility index (Phi) is 2.50. The number of halogens is 1. The van der Waals surface area contributed by atoms with Crippen molar-refractivity contribution in [3.05, 3.63) is 34.6 Å². The van der Waals surface area contributed by atoms with Crippen LogP contribution in [-0.4, -0.2) is 17.9 Å². The van der Waals surface area contributed by atoms with Crippen molar-refractivity contribution in [2.45, 2.75) is 26.4 Å². The van der Waals surface area contributed by atoms with Gasteiger partial charge in [0, 0.05) is 6.42 Å². The maximum Gasteiger partial charge on any atom is 0.339 e. The molecule has 0 fully saturated rings. The minimum absolute atomic E-state index is 0.220. The largest absolute Gasteiger partial charge is 0.450 e. The Labute approximate surface area is 92.2 Å². The average molecular weight is 222 g/mol. The Balaban J connectivity index is 2.51. The molecule has 1 heterocycles. The van der Waals surface area contributed by atoms with Crippen LogP contribution in [0.5, 0.6) is 0 Å². The van der Waals surface area contributed by atoms with Gasteiger partial charge in [0.05, 0.1) is 5.56 Å². The van der Waals surface area contributed by atoms with E-state index in [1.54, 1.807) is 6.92 Å². The lowest BCUT2D eigenvalue weighted by Gasteiger charge is -2.24. The van der Waals surface area contributed by atoms with Gasteiger partial charge in [-0.1, -0.05) is 0 Å². The Bertz CT molecular complexity index is 479. The molecular formula is C12H11FO3. The molecule has 0 spiro atoms. The number of benzene rings is 1. The summed E-state index contributed by atoms with van der Waals surface area (Å²) in [6.07, 6.45) is -0.513. The third kappa shape index (κ3) is 1.60. The summed E-state index contributed by atoms with van der Waals surface area (Å²) in [7, 11) is 0. The van der Waals surface area contributed by atoms with Crippen molar-refractivity contribution in [2.75, 3.05) is 0 Å². The van der Waals surface area contributed by atoms with Gasteiger partial charge in [-0.25, -0.2) is 9.18 Å². The number of hydrogen-bond acceptors (Lipinski definition) is 3. The highest BCUT2D eigenvalue weighted by atomic mass is 19.1. The van der Waals surface area contributed by atoms with Gasteiger partial charge < -0.3 is 4.74 Å². The number of hydrogen-bond donors (Lipinski definition) is 0. The molecule has 0 saturated carbocycles. The van der Waals surface area contributed by atoms with Gasteiger partial charge in [-0.2, -0.15) is 0 Å². The SMILES string of the molecule is CC(=O)C1Cc2c(ccc(F)c2C)C(=O)O1. The molecule has 3 nitrogen and oxygen atoms in total. The van der Waals surface area contributed by atoms with Crippen molar-refractivity contribution in [1.29, 1.82) is 0 Å². The Hall–Kier alpha value is -1.71. The summed E-state index contributed by atoms with van der Waals surface area (Å²) in [6, 6.07) is 2.64. The summed E-state index contributed by atoms with van der Waals surface area (Å²) in [6.45, 7) is 2.96. The number of Topliss-reactive ketones (excluding diaryl/α,β-unsaturated/α-hetero) is 1. The van der Waals surface area contributed by atoms with Gasteiger partial charge in [0.15, 0.2) is 11.9 Å². The standard InChI is InChI=1S/C12H11FO3/c1-6-9-5-11(7(2)14)16-12(15)8(9)3-4-10(6)13/h3-4,11H,5H2,1-2H3. The van der Waals surface area contributed by atoms with E-state index in [1.165, 1.54) is 19.1 Å². The lowest BCUT2D eigenvalue weighted by Crippen LogP contribution is -2.33. The summed E-state index contributed by atoms with van der Waals surface area (Å²) in [5.74, 6) is -1.14. The molecule has 1 aliphatic heterocycles. The number of cyclic esters (lactones) is 1. The summed E-state index contributed by atoms with van der Waals surface area (Å²) >= 11 is 0. The Morgan fingerprint density at radius 3 is 2.81 bits per heavy atom. The minimum atomic E-state index is -0.777. The topological polar surface area (TPSA) is 43.4 Å². The van der Waals surface area contributed by atoms with E-state index in [2.05, 4.69) is 0 Å². The second kappa shape index (κ2) is 3.70. The first-order valence-corrected chi connectivity index (χ1v) is 5.00. The number of carbonyl (C=O) groups is 2. The molecule has 1 unspecified atom stereocenters. The van der Waals surface area contributed by atoms with Crippen molar-refractivity contribution in [2.24, 2.45) is 0 Å². The molecule has 0 N–H and O–H groups in total. The van der Waals surface area contributed by atoms with Crippen LogP contribution in [-0.2, 0) is 16.0 Å². The Morgan fingerprint density at radius 2 is 2.19 bits per heavy atom. The quantitative estimate of drug-likeness (QED) is 0.680. The minimum Gasteiger partial charge on any atom is -0.450 e. The predicted molar refractivity (Wildman–Crippen MR) is 54.7 cm³/mol. The number of rotatable bonds is 1. The molecule has 1 aromatic carbocycles. The van der Waals surface area contributed by atoms with Crippen LogP contribution in [0.15, 0.2) is 12.1 Å². The number of carbonyl (C=O) groups excluding carboxylic acids is 2. The van der Waals surface area contributed by atoms with Crippen LogP contribution in [0.2, 0.25) is 0 Å². The van der Waals surface area contributed by atoms with Crippen LogP contribution in [0.4, 0.5) is 4.39 Å². The molecule has 0 aliphatic carbocycles. The zero-order chi connectivity index (χ0) is 11.9. The number of esters is 1. The van der Waals surface area contributed by atoms with Crippen LogP contribution in [0, 0.1) is 12.7 Å². The normalized spacial score (nSPS) is 18.9. The third-order valence-corrected chi connectivity index (χ3v) is 2.84. The van der Waals surface area contributed by atoms with Gasteiger partial charge in [-0.15, -0.1) is 0 Å². The molecule has 84 valence electrons. The van der Waals surface area contributed by atoms with E-state index in [9.17, 15) is 14.0 Å². The first-order chi connectivity index (χ1) is 7.50. The lowest BCUT2D eigenvalue weighted by molar-refractivity contribution is -0.125. The molecule has 2 rings (SSSR count). The molecule has 0 bridgehead atoms. The van der Waals surface area contributed by atoms with Crippen LogP contribution < -0.4 is 0 Å². The van der Waals surface area contributed by atoms with E-state index < -0.39 is 12.1 Å². The van der Waals surface area contributed by atoms with Crippen molar-refractivity contribution in [3.8, 4) is 0 Å². The zero-order valence-electron chi connectivity index (χ0n) is 9.04. The van der Waals surface area contributed by atoms with Gasteiger partial charge in [-0.05, 0) is 37.1 Å². The van der Waals surface area contributed by atoms with Gasteiger partial charge in [0.1, 0.15) is 5.82 Å². The second-order valence-corrected chi connectivity index (χ2v) is 3.91. The maximum atomic E-state index is 13.3. The molecule has 1 atom stereocenters. The summed E-state index contributed by atoms with van der Waals surface area (Å²) in [4.78, 5) is 22.7. The van der Waals surface area contributed by atoms with E-state index in [1.807, 2.05) is 0 Å².